The van der Waals surface area contributed by atoms with Crippen LogP contribution in [0, 0.1) is 11.6 Å². The molecule has 2 aromatic rings. The van der Waals surface area contributed by atoms with Gasteiger partial charge in [0.1, 0.15) is 5.82 Å². The average molecular weight is 264 g/mol. The van der Waals surface area contributed by atoms with Crippen LogP contribution in [-0.2, 0) is 0 Å². The van der Waals surface area contributed by atoms with Gasteiger partial charge in [0.2, 0.25) is 0 Å². The van der Waals surface area contributed by atoms with Crippen LogP contribution in [0.4, 0.5) is 14.5 Å². The number of benzene rings is 2. The molecule has 0 radical (unpaired) electrons. The molecular formula is C14H14F2N2O. The number of nitrogens with two attached hydrogens (primary N) is 2. The van der Waals surface area contributed by atoms with Gasteiger partial charge in [0.05, 0.1) is 13.2 Å². The molecule has 3 nitrogen and oxygen atoms in total. The molecule has 0 aliphatic carbocycles. The van der Waals surface area contributed by atoms with Gasteiger partial charge in [-0.25, -0.2) is 8.78 Å². The fourth-order valence-electron chi connectivity index (χ4n) is 1.87. The lowest BCUT2D eigenvalue weighted by Crippen LogP contribution is -2.14. The summed E-state index contributed by atoms with van der Waals surface area (Å²) in [5.41, 5.74) is 12.8. The predicted molar refractivity (Wildman–Crippen MR) is 69.8 cm³/mol. The number of nitrogen functional groups attached to an aromatic ring is 1. The van der Waals surface area contributed by atoms with Gasteiger partial charge in [-0.1, -0.05) is 12.1 Å². The minimum Gasteiger partial charge on any atom is -0.494 e. The second kappa shape index (κ2) is 5.24. The van der Waals surface area contributed by atoms with E-state index in [1.54, 1.807) is 24.3 Å². The third kappa shape index (κ3) is 2.66. The third-order valence-corrected chi connectivity index (χ3v) is 2.88. The first-order valence-corrected chi connectivity index (χ1v) is 5.67. The Labute approximate surface area is 109 Å². The minimum atomic E-state index is -0.788. The molecule has 0 fully saturated rings. The largest absolute Gasteiger partial charge is 0.494 e. The molecule has 19 heavy (non-hydrogen) atoms. The van der Waals surface area contributed by atoms with Crippen molar-refractivity contribution < 1.29 is 13.5 Å². The van der Waals surface area contributed by atoms with Crippen LogP contribution >= 0.6 is 0 Å². The summed E-state index contributed by atoms with van der Waals surface area (Å²) in [7, 11) is 1.27. The van der Waals surface area contributed by atoms with Crippen LogP contribution < -0.4 is 16.2 Å². The summed E-state index contributed by atoms with van der Waals surface area (Å²) in [6.45, 7) is 0. The van der Waals surface area contributed by atoms with Gasteiger partial charge in [-0.2, -0.15) is 0 Å². The van der Waals surface area contributed by atoms with Crippen LogP contribution in [0.2, 0.25) is 0 Å². The zero-order valence-corrected chi connectivity index (χ0v) is 10.4. The zero-order valence-electron chi connectivity index (χ0n) is 10.4. The van der Waals surface area contributed by atoms with Crippen LogP contribution in [0.1, 0.15) is 17.2 Å². The Hall–Kier alpha value is -2.14. The lowest BCUT2D eigenvalue weighted by atomic mass is 9.98. The SMILES string of the molecule is COc1cc(F)c(C(N)c2cccc(N)c2)cc1F. The number of methoxy groups -OCH3 is 1. The molecule has 0 bridgehead atoms. The Bertz CT molecular complexity index is 602. The van der Waals surface area contributed by atoms with Crippen molar-refractivity contribution >= 4 is 5.69 Å². The van der Waals surface area contributed by atoms with E-state index in [-0.39, 0.29) is 11.3 Å². The lowest BCUT2D eigenvalue weighted by Gasteiger charge is -2.15. The monoisotopic (exact) mass is 264 g/mol. The highest BCUT2D eigenvalue weighted by Crippen LogP contribution is 2.28. The van der Waals surface area contributed by atoms with Crippen LogP contribution in [-0.4, -0.2) is 7.11 Å². The Balaban J connectivity index is 2.44. The second-order valence-corrected chi connectivity index (χ2v) is 4.16. The van der Waals surface area contributed by atoms with E-state index in [1.165, 1.54) is 7.11 Å². The van der Waals surface area contributed by atoms with E-state index in [0.29, 0.717) is 11.3 Å². The molecule has 0 heterocycles. The zero-order chi connectivity index (χ0) is 14.0. The van der Waals surface area contributed by atoms with Gasteiger partial charge in [0, 0.05) is 17.3 Å². The first kappa shape index (κ1) is 13.3. The van der Waals surface area contributed by atoms with E-state index in [0.717, 1.165) is 12.1 Å². The van der Waals surface area contributed by atoms with Crippen molar-refractivity contribution in [1.29, 1.82) is 0 Å². The Morgan fingerprint density at radius 2 is 1.84 bits per heavy atom. The Morgan fingerprint density at radius 1 is 1.11 bits per heavy atom. The van der Waals surface area contributed by atoms with Crippen molar-refractivity contribution in [3.63, 3.8) is 0 Å². The molecule has 0 amide bonds. The van der Waals surface area contributed by atoms with Crippen LogP contribution in [0.25, 0.3) is 0 Å². The van der Waals surface area contributed by atoms with Crippen LogP contribution in [0.3, 0.4) is 0 Å². The molecule has 4 N–H and O–H groups in total. The number of hydrogen-bond acceptors (Lipinski definition) is 3. The molecule has 2 rings (SSSR count). The molecule has 100 valence electrons. The quantitative estimate of drug-likeness (QED) is 0.838. The van der Waals surface area contributed by atoms with E-state index in [2.05, 4.69) is 0 Å². The van der Waals surface area contributed by atoms with Gasteiger partial charge >= 0.3 is 0 Å². The molecule has 2 aromatic carbocycles. The number of hydrogen-bond donors (Lipinski definition) is 2. The molecule has 5 heteroatoms. The van der Waals surface area contributed by atoms with Crippen LogP contribution in [0.15, 0.2) is 36.4 Å². The number of halogens is 2. The maximum Gasteiger partial charge on any atom is 0.165 e. The standard InChI is InChI=1S/C14H14F2N2O/c1-19-13-7-11(15)10(6-12(13)16)14(18)8-3-2-4-9(17)5-8/h2-7,14H,17-18H2,1H3. The Morgan fingerprint density at radius 3 is 2.47 bits per heavy atom. The van der Waals surface area contributed by atoms with Crippen molar-refractivity contribution in [2.24, 2.45) is 5.73 Å². The van der Waals surface area contributed by atoms with E-state index in [1.807, 2.05) is 0 Å². The fraction of sp³-hybridized carbons (Fsp3) is 0.143. The molecule has 0 spiro atoms. The molecular weight excluding hydrogens is 250 g/mol. The lowest BCUT2D eigenvalue weighted by molar-refractivity contribution is 0.381. The van der Waals surface area contributed by atoms with Gasteiger partial charge in [-0.15, -0.1) is 0 Å². The third-order valence-electron chi connectivity index (χ3n) is 2.88. The maximum atomic E-state index is 13.9. The molecule has 0 aliphatic rings. The van der Waals surface area contributed by atoms with Crippen LogP contribution in [0.5, 0.6) is 5.75 Å². The predicted octanol–water partition coefficient (Wildman–Crippen LogP) is 2.60. The van der Waals surface area contributed by atoms with Crippen molar-refractivity contribution in [2.45, 2.75) is 6.04 Å². The van der Waals surface area contributed by atoms with E-state index in [4.69, 9.17) is 16.2 Å². The summed E-state index contributed by atoms with van der Waals surface area (Å²) < 4.78 is 32.2. The van der Waals surface area contributed by atoms with Crippen molar-refractivity contribution in [3.05, 3.63) is 59.2 Å². The first-order chi connectivity index (χ1) is 9.02. The van der Waals surface area contributed by atoms with E-state index >= 15 is 0 Å². The minimum absolute atomic E-state index is 0.0592. The number of rotatable bonds is 3. The molecule has 1 atom stereocenters. The van der Waals surface area contributed by atoms with Gasteiger partial charge in [0.15, 0.2) is 11.6 Å². The van der Waals surface area contributed by atoms with E-state index in [9.17, 15) is 8.78 Å². The van der Waals surface area contributed by atoms with E-state index < -0.39 is 17.7 Å². The summed E-state index contributed by atoms with van der Waals surface area (Å²) in [6.07, 6.45) is 0. The molecule has 0 aromatic heterocycles. The van der Waals surface area contributed by atoms with Gasteiger partial charge in [-0.3, -0.25) is 0 Å². The molecule has 1 unspecified atom stereocenters. The smallest absolute Gasteiger partial charge is 0.165 e. The summed E-state index contributed by atoms with van der Waals surface area (Å²) in [4.78, 5) is 0. The maximum absolute atomic E-state index is 13.9. The number of ether oxygens (including phenoxy) is 1. The van der Waals surface area contributed by atoms with Crippen molar-refractivity contribution in [3.8, 4) is 5.75 Å². The summed E-state index contributed by atoms with van der Waals surface area (Å²) in [5, 5.41) is 0. The van der Waals surface area contributed by atoms with Crippen molar-refractivity contribution in [1.82, 2.24) is 0 Å². The van der Waals surface area contributed by atoms with Gasteiger partial charge in [0.25, 0.3) is 0 Å². The first-order valence-electron chi connectivity index (χ1n) is 5.67. The summed E-state index contributed by atoms with van der Waals surface area (Å²) >= 11 is 0. The summed E-state index contributed by atoms with van der Waals surface area (Å²) in [6, 6.07) is 7.99. The van der Waals surface area contributed by atoms with Crippen molar-refractivity contribution in [2.75, 3.05) is 12.8 Å². The molecule has 0 saturated carbocycles. The highest BCUT2D eigenvalue weighted by molar-refractivity contribution is 5.45. The fourth-order valence-corrected chi connectivity index (χ4v) is 1.87. The van der Waals surface area contributed by atoms with Gasteiger partial charge < -0.3 is 16.2 Å². The molecule has 0 aliphatic heterocycles. The molecule has 0 saturated heterocycles. The second-order valence-electron chi connectivity index (χ2n) is 4.16. The summed E-state index contributed by atoms with van der Waals surface area (Å²) in [5.74, 6) is -1.42. The topological polar surface area (TPSA) is 61.3 Å². The van der Waals surface area contributed by atoms with Gasteiger partial charge in [-0.05, 0) is 23.8 Å². The Kier molecular flexibility index (Phi) is 3.66. The average Bonchev–Trinajstić information content (AvgIpc) is 2.40. The highest BCUT2D eigenvalue weighted by Gasteiger charge is 2.17. The highest BCUT2D eigenvalue weighted by atomic mass is 19.1. The normalized spacial score (nSPS) is 12.2. The number of anilines is 1.